The second-order valence-corrected chi connectivity index (χ2v) is 7.76. The van der Waals surface area contributed by atoms with Crippen LogP contribution in [0.4, 0.5) is 0 Å². The molecule has 2 N–H and O–H groups in total. The SMILES string of the molecule is CCC[C@@H](C)NC(=O)[C@@H](C)NS(=O)(=O)c1ccc2ccccc2c1. The summed E-state index contributed by atoms with van der Waals surface area (Å²) in [6.45, 7) is 5.49. The molecule has 6 heteroatoms. The van der Waals surface area contributed by atoms with Crippen LogP contribution in [0, 0.1) is 0 Å². The van der Waals surface area contributed by atoms with Gasteiger partial charge in [-0.2, -0.15) is 4.72 Å². The molecule has 2 rings (SSSR count). The van der Waals surface area contributed by atoms with Crippen LogP contribution < -0.4 is 10.0 Å². The van der Waals surface area contributed by atoms with Crippen molar-refractivity contribution in [1.29, 1.82) is 0 Å². The average molecular weight is 348 g/mol. The van der Waals surface area contributed by atoms with Crippen molar-refractivity contribution in [2.45, 2.75) is 50.6 Å². The third-order valence-corrected chi connectivity index (χ3v) is 5.41. The van der Waals surface area contributed by atoms with Crippen LogP contribution in [-0.2, 0) is 14.8 Å². The summed E-state index contributed by atoms with van der Waals surface area (Å²) in [6, 6.07) is 11.7. The zero-order valence-corrected chi connectivity index (χ0v) is 15.1. The molecule has 0 saturated carbocycles. The summed E-state index contributed by atoms with van der Waals surface area (Å²) in [5.41, 5.74) is 0. The first-order valence-corrected chi connectivity index (χ1v) is 9.63. The first-order chi connectivity index (χ1) is 11.3. The molecule has 0 heterocycles. The van der Waals surface area contributed by atoms with Gasteiger partial charge in [0.05, 0.1) is 10.9 Å². The minimum atomic E-state index is -3.75. The normalized spacial score (nSPS) is 14.3. The Balaban J connectivity index is 2.12. The van der Waals surface area contributed by atoms with E-state index in [-0.39, 0.29) is 16.8 Å². The second kappa shape index (κ2) is 7.77. The molecule has 0 spiro atoms. The van der Waals surface area contributed by atoms with E-state index in [9.17, 15) is 13.2 Å². The number of fused-ring (bicyclic) bond motifs is 1. The van der Waals surface area contributed by atoms with Crippen LogP contribution in [0.15, 0.2) is 47.4 Å². The Morgan fingerprint density at radius 2 is 1.75 bits per heavy atom. The molecular formula is C18H24N2O3S. The lowest BCUT2D eigenvalue weighted by Crippen LogP contribution is -2.47. The van der Waals surface area contributed by atoms with E-state index in [1.54, 1.807) is 25.1 Å². The van der Waals surface area contributed by atoms with Gasteiger partial charge >= 0.3 is 0 Å². The van der Waals surface area contributed by atoms with E-state index in [2.05, 4.69) is 10.0 Å². The maximum Gasteiger partial charge on any atom is 0.241 e. The van der Waals surface area contributed by atoms with Gasteiger partial charge in [0.25, 0.3) is 0 Å². The lowest BCUT2D eigenvalue weighted by molar-refractivity contribution is -0.123. The molecule has 1 amide bonds. The molecule has 24 heavy (non-hydrogen) atoms. The molecule has 0 saturated heterocycles. The molecule has 0 aliphatic heterocycles. The van der Waals surface area contributed by atoms with Gasteiger partial charge in [-0.15, -0.1) is 0 Å². The number of carbonyl (C=O) groups excluding carboxylic acids is 1. The topological polar surface area (TPSA) is 75.3 Å². The Hall–Kier alpha value is -1.92. The number of hydrogen-bond donors (Lipinski definition) is 2. The molecule has 0 aromatic heterocycles. The van der Waals surface area contributed by atoms with Crippen molar-refractivity contribution < 1.29 is 13.2 Å². The highest BCUT2D eigenvalue weighted by Gasteiger charge is 2.23. The van der Waals surface area contributed by atoms with Gasteiger partial charge in [0.15, 0.2) is 0 Å². The minimum Gasteiger partial charge on any atom is -0.352 e. The number of sulfonamides is 1. The largest absolute Gasteiger partial charge is 0.352 e. The van der Waals surface area contributed by atoms with Gasteiger partial charge in [-0.05, 0) is 43.2 Å². The van der Waals surface area contributed by atoms with Crippen LogP contribution in [0.5, 0.6) is 0 Å². The Labute approximate surface area is 143 Å². The molecule has 0 aliphatic rings. The molecule has 2 atom stereocenters. The number of nitrogens with one attached hydrogen (secondary N) is 2. The molecule has 130 valence electrons. The summed E-state index contributed by atoms with van der Waals surface area (Å²) in [4.78, 5) is 12.3. The molecule has 0 unspecified atom stereocenters. The third-order valence-electron chi connectivity index (χ3n) is 3.87. The number of amides is 1. The Morgan fingerprint density at radius 1 is 1.08 bits per heavy atom. The molecular weight excluding hydrogens is 324 g/mol. The van der Waals surface area contributed by atoms with Crippen molar-refractivity contribution >= 4 is 26.7 Å². The van der Waals surface area contributed by atoms with E-state index < -0.39 is 16.1 Å². The fourth-order valence-electron chi connectivity index (χ4n) is 2.56. The summed E-state index contributed by atoms with van der Waals surface area (Å²) in [7, 11) is -3.75. The zero-order chi connectivity index (χ0) is 17.7. The lowest BCUT2D eigenvalue weighted by atomic mass is 10.1. The number of rotatable bonds is 7. The maximum absolute atomic E-state index is 12.5. The molecule has 2 aromatic carbocycles. The van der Waals surface area contributed by atoms with Crippen LogP contribution in [0.3, 0.4) is 0 Å². The molecule has 0 radical (unpaired) electrons. The van der Waals surface area contributed by atoms with Gasteiger partial charge < -0.3 is 5.32 Å². The lowest BCUT2D eigenvalue weighted by Gasteiger charge is -2.18. The van der Waals surface area contributed by atoms with Gasteiger partial charge in [-0.3, -0.25) is 4.79 Å². The quantitative estimate of drug-likeness (QED) is 0.808. The Bertz CT molecular complexity index is 818. The fraction of sp³-hybridized carbons (Fsp3) is 0.389. The Morgan fingerprint density at radius 3 is 2.42 bits per heavy atom. The van der Waals surface area contributed by atoms with E-state index in [1.807, 2.05) is 38.1 Å². The van der Waals surface area contributed by atoms with Crippen LogP contribution >= 0.6 is 0 Å². The molecule has 2 aromatic rings. The van der Waals surface area contributed by atoms with Crippen molar-refractivity contribution in [2.75, 3.05) is 0 Å². The first-order valence-electron chi connectivity index (χ1n) is 8.15. The summed E-state index contributed by atoms with van der Waals surface area (Å²) < 4.78 is 27.5. The summed E-state index contributed by atoms with van der Waals surface area (Å²) in [5.74, 6) is -0.319. The Kier molecular flexibility index (Phi) is 5.96. The van der Waals surface area contributed by atoms with Crippen molar-refractivity contribution in [3.05, 3.63) is 42.5 Å². The molecule has 0 aliphatic carbocycles. The van der Waals surface area contributed by atoms with E-state index in [0.717, 1.165) is 23.6 Å². The fourth-order valence-corrected chi connectivity index (χ4v) is 3.80. The summed E-state index contributed by atoms with van der Waals surface area (Å²) in [6.07, 6.45) is 1.81. The summed E-state index contributed by atoms with van der Waals surface area (Å²) >= 11 is 0. The van der Waals surface area contributed by atoms with Crippen LogP contribution in [-0.4, -0.2) is 26.4 Å². The van der Waals surface area contributed by atoms with Crippen molar-refractivity contribution in [1.82, 2.24) is 10.0 Å². The first kappa shape index (κ1) is 18.4. The van der Waals surface area contributed by atoms with Gasteiger partial charge in [0, 0.05) is 6.04 Å². The van der Waals surface area contributed by atoms with Gasteiger partial charge in [0.2, 0.25) is 15.9 Å². The second-order valence-electron chi connectivity index (χ2n) is 6.05. The smallest absolute Gasteiger partial charge is 0.241 e. The summed E-state index contributed by atoms with van der Waals surface area (Å²) in [5, 5.41) is 4.63. The molecule has 0 fully saturated rings. The minimum absolute atomic E-state index is 0.0233. The number of benzene rings is 2. The standard InChI is InChI=1S/C18H24N2O3S/c1-4-7-13(2)19-18(21)14(3)20-24(22,23)17-11-10-15-8-5-6-9-16(15)12-17/h5-6,8-14,20H,4,7H2,1-3H3,(H,19,21)/t13-,14-/m1/s1. The predicted octanol–water partition coefficient (Wildman–Crippen LogP) is 2.81. The van der Waals surface area contributed by atoms with Gasteiger partial charge in [-0.1, -0.05) is 43.7 Å². The highest BCUT2D eigenvalue weighted by Crippen LogP contribution is 2.19. The van der Waals surface area contributed by atoms with Crippen molar-refractivity contribution in [3.63, 3.8) is 0 Å². The van der Waals surface area contributed by atoms with E-state index >= 15 is 0 Å². The zero-order valence-electron chi connectivity index (χ0n) is 14.2. The molecule has 5 nitrogen and oxygen atoms in total. The highest BCUT2D eigenvalue weighted by molar-refractivity contribution is 7.89. The van der Waals surface area contributed by atoms with E-state index in [0.29, 0.717) is 0 Å². The van der Waals surface area contributed by atoms with Gasteiger partial charge in [-0.25, -0.2) is 8.42 Å². The van der Waals surface area contributed by atoms with E-state index in [1.165, 1.54) is 0 Å². The van der Waals surface area contributed by atoms with Crippen LogP contribution in [0.1, 0.15) is 33.6 Å². The number of carbonyl (C=O) groups is 1. The van der Waals surface area contributed by atoms with Crippen LogP contribution in [0.2, 0.25) is 0 Å². The number of hydrogen-bond acceptors (Lipinski definition) is 3. The van der Waals surface area contributed by atoms with Crippen LogP contribution in [0.25, 0.3) is 10.8 Å². The van der Waals surface area contributed by atoms with Crippen molar-refractivity contribution in [2.24, 2.45) is 0 Å². The highest BCUT2D eigenvalue weighted by atomic mass is 32.2. The van der Waals surface area contributed by atoms with Crippen molar-refractivity contribution in [3.8, 4) is 0 Å². The third kappa shape index (κ3) is 4.55. The average Bonchev–Trinajstić information content (AvgIpc) is 2.54. The predicted molar refractivity (Wildman–Crippen MR) is 96.2 cm³/mol. The molecule has 0 bridgehead atoms. The van der Waals surface area contributed by atoms with Gasteiger partial charge in [0.1, 0.15) is 0 Å². The maximum atomic E-state index is 12.5. The van der Waals surface area contributed by atoms with E-state index in [4.69, 9.17) is 0 Å². The monoisotopic (exact) mass is 348 g/mol.